The second-order valence-electron chi connectivity index (χ2n) is 6.28. The number of hydrogen-bond acceptors (Lipinski definition) is 6. The lowest BCUT2D eigenvalue weighted by atomic mass is 10.2. The summed E-state index contributed by atoms with van der Waals surface area (Å²) in [5.74, 6) is 0.976. The van der Waals surface area contributed by atoms with Crippen LogP contribution in [-0.4, -0.2) is 54.6 Å². The predicted molar refractivity (Wildman–Crippen MR) is 95.9 cm³/mol. The Balaban J connectivity index is 1.73. The Hall–Kier alpha value is -2.72. The molecule has 0 radical (unpaired) electrons. The van der Waals surface area contributed by atoms with Crippen LogP contribution in [0.3, 0.4) is 0 Å². The van der Waals surface area contributed by atoms with Crippen molar-refractivity contribution in [3.63, 3.8) is 0 Å². The van der Waals surface area contributed by atoms with E-state index in [9.17, 15) is 23.3 Å². The Labute approximate surface area is 156 Å². The third-order valence-corrected chi connectivity index (χ3v) is 6.36. The number of nitrogens with zero attached hydrogens (tertiary/aromatic N) is 3. The molecule has 0 spiro atoms. The van der Waals surface area contributed by atoms with Gasteiger partial charge in [-0.05, 0) is 26.0 Å². The minimum absolute atomic E-state index is 0.118. The fourth-order valence-electron chi connectivity index (χ4n) is 3.05. The molecule has 0 atom stereocenters. The first-order valence-corrected chi connectivity index (χ1v) is 9.75. The highest BCUT2D eigenvalue weighted by Crippen LogP contribution is 2.23. The Bertz CT molecular complexity index is 990. The van der Waals surface area contributed by atoms with Crippen molar-refractivity contribution >= 4 is 21.6 Å². The van der Waals surface area contributed by atoms with Gasteiger partial charge < -0.3 is 9.32 Å². The van der Waals surface area contributed by atoms with Crippen molar-refractivity contribution in [2.45, 2.75) is 18.7 Å². The molecule has 1 saturated heterocycles. The monoisotopic (exact) mass is 393 g/mol. The van der Waals surface area contributed by atoms with Crippen LogP contribution in [-0.2, 0) is 10.0 Å². The minimum Gasteiger partial charge on any atom is -0.466 e. The van der Waals surface area contributed by atoms with Gasteiger partial charge in [-0.2, -0.15) is 4.31 Å². The Morgan fingerprint density at radius 2 is 1.81 bits per heavy atom. The molecule has 1 aromatic carbocycles. The van der Waals surface area contributed by atoms with Gasteiger partial charge in [-0.1, -0.05) is 6.07 Å². The average Bonchev–Trinajstić information content (AvgIpc) is 2.99. The minimum atomic E-state index is -3.86. The van der Waals surface area contributed by atoms with Crippen molar-refractivity contribution in [2.75, 3.05) is 26.2 Å². The Morgan fingerprint density at radius 1 is 1.15 bits per heavy atom. The average molecular weight is 393 g/mol. The topological polar surface area (TPSA) is 114 Å². The van der Waals surface area contributed by atoms with Gasteiger partial charge in [0.05, 0.1) is 15.4 Å². The van der Waals surface area contributed by atoms with E-state index in [-0.39, 0.29) is 42.7 Å². The summed E-state index contributed by atoms with van der Waals surface area (Å²) in [4.78, 5) is 24.3. The molecule has 2 aromatic rings. The number of sulfonamides is 1. The highest BCUT2D eigenvalue weighted by atomic mass is 32.2. The quantitative estimate of drug-likeness (QED) is 0.579. The number of hydrogen-bond donors (Lipinski definition) is 0. The van der Waals surface area contributed by atoms with Crippen molar-refractivity contribution in [3.8, 4) is 0 Å². The van der Waals surface area contributed by atoms with Gasteiger partial charge in [-0.3, -0.25) is 14.9 Å². The highest BCUT2D eigenvalue weighted by Gasteiger charge is 2.32. The summed E-state index contributed by atoms with van der Waals surface area (Å²) in [5.41, 5.74) is 0.193. The molecular weight excluding hydrogens is 374 g/mol. The SMILES string of the molecule is Cc1cc(C(=O)N2CCN(S(=O)(=O)c3cccc([N+](=O)[O-])c3)CC2)c(C)o1. The zero-order chi connectivity index (χ0) is 19.8. The number of furan rings is 1. The number of piperazine rings is 1. The van der Waals surface area contributed by atoms with E-state index in [0.29, 0.717) is 17.1 Å². The van der Waals surface area contributed by atoms with Crippen molar-refractivity contribution in [1.29, 1.82) is 0 Å². The van der Waals surface area contributed by atoms with Crippen molar-refractivity contribution in [3.05, 3.63) is 57.5 Å². The number of nitro benzene ring substituents is 1. The molecule has 0 saturated carbocycles. The van der Waals surface area contributed by atoms with Crippen LogP contribution in [0.5, 0.6) is 0 Å². The summed E-state index contributed by atoms with van der Waals surface area (Å²) in [5, 5.41) is 10.9. The van der Waals surface area contributed by atoms with Gasteiger partial charge in [-0.25, -0.2) is 8.42 Å². The highest BCUT2D eigenvalue weighted by molar-refractivity contribution is 7.89. The van der Waals surface area contributed by atoms with E-state index in [4.69, 9.17) is 4.42 Å². The number of amides is 1. The van der Waals surface area contributed by atoms with E-state index in [1.54, 1.807) is 24.8 Å². The van der Waals surface area contributed by atoms with Gasteiger partial charge in [0.1, 0.15) is 11.5 Å². The third kappa shape index (κ3) is 3.71. The molecule has 1 aliphatic rings. The molecule has 1 aromatic heterocycles. The second kappa shape index (κ2) is 7.12. The Morgan fingerprint density at radius 3 is 2.37 bits per heavy atom. The summed E-state index contributed by atoms with van der Waals surface area (Å²) in [7, 11) is -3.86. The molecule has 1 aliphatic heterocycles. The predicted octanol–water partition coefficient (Wildman–Crippen LogP) is 1.95. The van der Waals surface area contributed by atoms with Gasteiger partial charge in [0.15, 0.2) is 0 Å². The van der Waals surface area contributed by atoms with Crippen LogP contribution in [0, 0.1) is 24.0 Å². The van der Waals surface area contributed by atoms with Gasteiger partial charge in [0, 0.05) is 38.3 Å². The van der Waals surface area contributed by atoms with Crippen LogP contribution in [0.1, 0.15) is 21.9 Å². The molecule has 1 amide bonds. The van der Waals surface area contributed by atoms with Gasteiger partial charge in [0.2, 0.25) is 10.0 Å². The van der Waals surface area contributed by atoms with Gasteiger partial charge in [-0.15, -0.1) is 0 Å². The third-order valence-electron chi connectivity index (χ3n) is 4.46. The molecule has 144 valence electrons. The zero-order valence-electron chi connectivity index (χ0n) is 14.9. The number of carbonyl (C=O) groups is 1. The molecule has 0 aliphatic carbocycles. The zero-order valence-corrected chi connectivity index (χ0v) is 15.7. The van der Waals surface area contributed by atoms with Crippen molar-refractivity contribution in [2.24, 2.45) is 0 Å². The molecule has 2 heterocycles. The molecule has 0 bridgehead atoms. The fourth-order valence-corrected chi connectivity index (χ4v) is 4.51. The van der Waals surface area contributed by atoms with Crippen LogP contribution < -0.4 is 0 Å². The fraction of sp³-hybridized carbons (Fsp3) is 0.353. The number of carbonyl (C=O) groups excluding carboxylic acids is 1. The van der Waals surface area contributed by atoms with E-state index in [2.05, 4.69) is 0 Å². The summed E-state index contributed by atoms with van der Waals surface area (Å²) < 4.78 is 32.1. The Kier molecular flexibility index (Phi) is 5.03. The van der Waals surface area contributed by atoms with Crippen LogP contribution in [0.15, 0.2) is 39.6 Å². The van der Waals surface area contributed by atoms with E-state index >= 15 is 0 Å². The van der Waals surface area contributed by atoms with E-state index in [0.717, 1.165) is 6.07 Å². The van der Waals surface area contributed by atoms with Crippen LogP contribution in [0.2, 0.25) is 0 Å². The molecule has 27 heavy (non-hydrogen) atoms. The summed E-state index contributed by atoms with van der Waals surface area (Å²) in [6, 6.07) is 6.63. The molecule has 0 N–H and O–H groups in total. The number of non-ortho nitro benzene ring substituents is 1. The molecular formula is C17H19N3O6S. The summed E-state index contributed by atoms with van der Waals surface area (Å²) >= 11 is 0. The van der Waals surface area contributed by atoms with Crippen LogP contribution in [0.4, 0.5) is 5.69 Å². The lowest BCUT2D eigenvalue weighted by Gasteiger charge is -2.33. The normalized spacial score (nSPS) is 15.7. The number of aryl methyl sites for hydroxylation is 2. The maximum atomic E-state index is 12.8. The first-order valence-electron chi connectivity index (χ1n) is 8.31. The smallest absolute Gasteiger partial charge is 0.270 e. The first-order chi connectivity index (χ1) is 12.7. The van der Waals surface area contributed by atoms with Gasteiger partial charge in [0.25, 0.3) is 11.6 Å². The summed E-state index contributed by atoms with van der Waals surface area (Å²) in [6.07, 6.45) is 0. The lowest BCUT2D eigenvalue weighted by Crippen LogP contribution is -2.50. The second-order valence-corrected chi connectivity index (χ2v) is 8.22. The van der Waals surface area contributed by atoms with Gasteiger partial charge >= 0.3 is 0 Å². The van der Waals surface area contributed by atoms with E-state index < -0.39 is 14.9 Å². The molecule has 0 unspecified atom stereocenters. The van der Waals surface area contributed by atoms with E-state index in [1.165, 1.54) is 22.5 Å². The molecule has 10 heteroatoms. The van der Waals surface area contributed by atoms with Crippen LogP contribution in [0.25, 0.3) is 0 Å². The number of rotatable bonds is 4. The number of benzene rings is 1. The molecule has 3 rings (SSSR count). The van der Waals surface area contributed by atoms with Crippen LogP contribution >= 0.6 is 0 Å². The molecule has 1 fully saturated rings. The standard InChI is InChI=1S/C17H19N3O6S/c1-12-10-16(13(2)26-12)17(21)18-6-8-19(9-7-18)27(24,25)15-5-3-4-14(11-15)20(22)23/h3-5,10-11H,6-9H2,1-2H3. The maximum absolute atomic E-state index is 12.8. The lowest BCUT2D eigenvalue weighted by molar-refractivity contribution is -0.385. The first kappa shape index (κ1) is 19.1. The largest absolute Gasteiger partial charge is 0.466 e. The van der Waals surface area contributed by atoms with E-state index in [1.807, 2.05) is 0 Å². The molecule has 9 nitrogen and oxygen atoms in total. The summed E-state index contributed by atoms with van der Waals surface area (Å²) in [6.45, 7) is 4.17. The maximum Gasteiger partial charge on any atom is 0.270 e. The van der Waals surface area contributed by atoms with Crippen molar-refractivity contribution in [1.82, 2.24) is 9.21 Å². The van der Waals surface area contributed by atoms with Crippen molar-refractivity contribution < 1.29 is 22.6 Å². The number of nitro groups is 1.